The molecule has 0 aromatic carbocycles. The summed E-state index contributed by atoms with van der Waals surface area (Å²) in [5.74, 6) is 0. The highest BCUT2D eigenvalue weighted by Gasteiger charge is 2.30. The number of aliphatic hydroxyl groups is 1. The standard InChI is InChI=1S/C10H19BrN2O/c1-8(11)5-13-7-10(14)4-9(13)6-12(2)3/h9-10,14H,1,4-7H2,2-3H3. The predicted octanol–water partition coefficient (Wildman–Crippen LogP) is 0.892. The molecule has 0 bridgehead atoms. The SMILES string of the molecule is C=C(Br)CN1CC(O)CC1CN(C)C. The first-order chi connectivity index (χ1) is 6.49. The quantitative estimate of drug-likeness (QED) is 0.816. The molecule has 0 aromatic rings. The van der Waals surface area contributed by atoms with E-state index < -0.39 is 0 Å². The fourth-order valence-corrected chi connectivity index (χ4v) is 2.31. The van der Waals surface area contributed by atoms with E-state index >= 15 is 0 Å². The molecule has 0 amide bonds. The van der Waals surface area contributed by atoms with E-state index in [0.29, 0.717) is 6.04 Å². The molecule has 4 heteroatoms. The molecule has 2 atom stereocenters. The van der Waals surface area contributed by atoms with Crippen LogP contribution >= 0.6 is 15.9 Å². The molecule has 0 spiro atoms. The Morgan fingerprint density at radius 3 is 2.79 bits per heavy atom. The molecule has 0 saturated carbocycles. The number of likely N-dealkylation sites (N-methyl/N-ethyl adjacent to an activating group) is 1. The number of halogens is 1. The van der Waals surface area contributed by atoms with E-state index in [1.165, 1.54) is 0 Å². The second-order valence-electron chi connectivity index (χ2n) is 4.25. The summed E-state index contributed by atoms with van der Waals surface area (Å²) in [6.45, 7) is 6.43. The van der Waals surface area contributed by atoms with Crippen molar-refractivity contribution in [1.29, 1.82) is 0 Å². The molecule has 2 unspecified atom stereocenters. The fourth-order valence-electron chi connectivity index (χ4n) is 1.98. The Balaban J connectivity index is 2.49. The summed E-state index contributed by atoms with van der Waals surface area (Å²) in [6, 6.07) is 0.453. The van der Waals surface area contributed by atoms with Crippen molar-refractivity contribution in [3.05, 3.63) is 11.1 Å². The van der Waals surface area contributed by atoms with Crippen molar-refractivity contribution in [2.75, 3.05) is 33.7 Å². The third kappa shape index (κ3) is 3.69. The lowest BCUT2D eigenvalue weighted by Crippen LogP contribution is -2.38. The van der Waals surface area contributed by atoms with Crippen LogP contribution in [0.5, 0.6) is 0 Å². The first-order valence-corrected chi connectivity index (χ1v) is 5.68. The molecule has 1 rings (SSSR count). The van der Waals surface area contributed by atoms with Crippen LogP contribution in [0.1, 0.15) is 6.42 Å². The summed E-state index contributed by atoms with van der Waals surface area (Å²) >= 11 is 3.37. The summed E-state index contributed by atoms with van der Waals surface area (Å²) in [4.78, 5) is 4.44. The van der Waals surface area contributed by atoms with E-state index in [2.05, 4.69) is 46.4 Å². The highest BCUT2D eigenvalue weighted by Crippen LogP contribution is 2.20. The Morgan fingerprint density at radius 1 is 1.64 bits per heavy atom. The van der Waals surface area contributed by atoms with Crippen LogP contribution in [0.2, 0.25) is 0 Å². The highest BCUT2D eigenvalue weighted by atomic mass is 79.9. The maximum atomic E-state index is 9.59. The van der Waals surface area contributed by atoms with Crippen LogP contribution in [0.15, 0.2) is 11.1 Å². The maximum absolute atomic E-state index is 9.59. The van der Waals surface area contributed by atoms with Crippen molar-refractivity contribution in [2.45, 2.75) is 18.6 Å². The van der Waals surface area contributed by atoms with Crippen molar-refractivity contribution in [1.82, 2.24) is 9.80 Å². The van der Waals surface area contributed by atoms with Gasteiger partial charge in [0.05, 0.1) is 6.10 Å². The van der Waals surface area contributed by atoms with Gasteiger partial charge in [-0.05, 0) is 20.5 Å². The maximum Gasteiger partial charge on any atom is 0.0682 e. The average molecular weight is 263 g/mol. The van der Waals surface area contributed by atoms with Gasteiger partial charge in [-0.1, -0.05) is 22.5 Å². The van der Waals surface area contributed by atoms with Gasteiger partial charge < -0.3 is 10.0 Å². The molecule has 1 aliphatic heterocycles. The Bertz CT molecular complexity index is 208. The number of likely N-dealkylation sites (tertiary alicyclic amines) is 1. The molecule has 1 fully saturated rings. The minimum Gasteiger partial charge on any atom is -0.392 e. The molecule has 1 saturated heterocycles. The van der Waals surface area contributed by atoms with Crippen LogP contribution in [0, 0.1) is 0 Å². The van der Waals surface area contributed by atoms with Crippen LogP contribution in [-0.2, 0) is 0 Å². The van der Waals surface area contributed by atoms with Crippen LogP contribution in [-0.4, -0.2) is 60.8 Å². The number of aliphatic hydroxyl groups excluding tert-OH is 1. The van der Waals surface area contributed by atoms with Crippen molar-refractivity contribution >= 4 is 15.9 Å². The van der Waals surface area contributed by atoms with E-state index in [1.807, 2.05) is 0 Å². The number of β-amino-alcohol motifs (C(OH)–C–C–N with tert-alkyl or cyclic N) is 1. The summed E-state index contributed by atoms with van der Waals surface area (Å²) in [7, 11) is 4.12. The molecule has 14 heavy (non-hydrogen) atoms. The van der Waals surface area contributed by atoms with Crippen molar-refractivity contribution in [2.24, 2.45) is 0 Å². The van der Waals surface area contributed by atoms with E-state index in [4.69, 9.17) is 0 Å². The van der Waals surface area contributed by atoms with E-state index in [-0.39, 0.29) is 6.10 Å². The molecule has 3 nitrogen and oxygen atoms in total. The third-order valence-corrected chi connectivity index (χ3v) is 2.71. The van der Waals surface area contributed by atoms with Gasteiger partial charge in [0.1, 0.15) is 0 Å². The minimum atomic E-state index is -0.174. The van der Waals surface area contributed by atoms with Gasteiger partial charge in [0.25, 0.3) is 0 Å². The number of hydrogen-bond acceptors (Lipinski definition) is 3. The molecule has 1 heterocycles. The molecule has 0 aromatic heterocycles. The number of nitrogens with zero attached hydrogens (tertiary/aromatic N) is 2. The molecule has 1 N–H and O–H groups in total. The van der Waals surface area contributed by atoms with Crippen LogP contribution in [0.25, 0.3) is 0 Å². The van der Waals surface area contributed by atoms with E-state index in [0.717, 1.165) is 30.5 Å². The summed E-state index contributed by atoms with van der Waals surface area (Å²) in [6.07, 6.45) is 0.699. The lowest BCUT2D eigenvalue weighted by atomic mass is 10.2. The highest BCUT2D eigenvalue weighted by molar-refractivity contribution is 9.11. The summed E-state index contributed by atoms with van der Waals surface area (Å²) in [5, 5.41) is 9.59. The third-order valence-electron chi connectivity index (χ3n) is 2.46. The average Bonchev–Trinajstić information content (AvgIpc) is 2.28. The van der Waals surface area contributed by atoms with Gasteiger partial charge in [0, 0.05) is 30.2 Å². The van der Waals surface area contributed by atoms with E-state index in [9.17, 15) is 5.11 Å². The van der Waals surface area contributed by atoms with Gasteiger partial charge in [0.15, 0.2) is 0 Å². The Labute approximate surface area is 94.5 Å². The Kier molecular flexibility index (Phi) is 4.57. The monoisotopic (exact) mass is 262 g/mol. The first kappa shape index (κ1) is 12.2. The topological polar surface area (TPSA) is 26.7 Å². The zero-order chi connectivity index (χ0) is 10.7. The molecular formula is C10H19BrN2O. The summed E-state index contributed by atoms with van der Waals surface area (Å²) < 4.78 is 0.982. The van der Waals surface area contributed by atoms with Crippen molar-refractivity contribution < 1.29 is 5.11 Å². The first-order valence-electron chi connectivity index (χ1n) is 4.89. The van der Waals surface area contributed by atoms with Gasteiger partial charge in [-0.15, -0.1) is 0 Å². The molecule has 0 radical (unpaired) electrons. The summed E-state index contributed by atoms with van der Waals surface area (Å²) in [5.41, 5.74) is 0. The molecular weight excluding hydrogens is 244 g/mol. The van der Waals surface area contributed by atoms with E-state index in [1.54, 1.807) is 0 Å². The van der Waals surface area contributed by atoms with Gasteiger partial charge >= 0.3 is 0 Å². The van der Waals surface area contributed by atoms with Gasteiger partial charge in [-0.2, -0.15) is 0 Å². The lowest BCUT2D eigenvalue weighted by molar-refractivity contribution is 0.178. The second kappa shape index (κ2) is 5.26. The Morgan fingerprint density at radius 2 is 2.29 bits per heavy atom. The van der Waals surface area contributed by atoms with Crippen molar-refractivity contribution in [3.63, 3.8) is 0 Å². The van der Waals surface area contributed by atoms with Gasteiger partial charge in [-0.3, -0.25) is 4.90 Å². The number of rotatable bonds is 4. The van der Waals surface area contributed by atoms with Crippen LogP contribution in [0.3, 0.4) is 0 Å². The second-order valence-corrected chi connectivity index (χ2v) is 5.37. The molecule has 82 valence electrons. The fraction of sp³-hybridized carbons (Fsp3) is 0.800. The van der Waals surface area contributed by atoms with Crippen LogP contribution < -0.4 is 0 Å². The number of hydrogen-bond donors (Lipinski definition) is 1. The van der Waals surface area contributed by atoms with Gasteiger partial charge in [-0.25, -0.2) is 0 Å². The molecule has 1 aliphatic rings. The zero-order valence-corrected chi connectivity index (χ0v) is 10.5. The van der Waals surface area contributed by atoms with Gasteiger partial charge in [0.2, 0.25) is 0 Å². The molecule has 0 aliphatic carbocycles. The normalized spacial score (nSPS) is 28.6. The smallest absolute Gasteiger partial charge is 0.0682 e. The minimum absolute atomic E-state index is 0.174. The van der Waals surface area contributed by atoms with Crippen molar-refractivity contribution in [3.8, 4) is 0 Å². The largest absolute Gasteiger partial charge is 0.392 e. The predicted molar refractivity (Wildman–Crippen MR) is 62.6 cm³/mol. The van der Waals surface area contributed by atoms with Crippen LogP contribution in [0.4, 0.5) is 0 Å². The lowest BCUT2D eigenvalue weighted by Gasteiger charge is -2.26. The zero-order valence-electron chi connectivity index (χ0n) is 8.91. The Hall–Kier alpha value is 0.1000.